The highest BCUT2D eigenvalue weighted by Gasteiger charge is 2.68. The third-order valence-electron chi connectivity index (χ3n) is 14.5. The zero-order valence-electron chi connectivity index (χ0n) is 28.0. The molecule has 7 nitrogen and oxygen atoms in total. The van der Waals surface area contributed by atoms with Gasteiger partial charge in [-0.15, -0.1) is 0 Å². The molecule has 262 valence electrons. The Hall–Kier alpha value is -1.39. The van der Waals surface area contributed by atoms with Crippen molar-refractivity contribution in [1.82, 2.24) is 0 Å². The molecule has 46 heavy (non-hydrogen) atoms. The van der Waals surface area contributed by atoms with Gasteiger partial charge in [-0.2, -0.15) is 13.2 Å². The van der Waals surface area contributed by atoms with Gasteiger partial charge >= 0.3 is 18.1 Å². The number of rotatable bonds is 11. The van der Waals surface area contributed by atoms with Crippen molar-refractivity contribution in [1.29, 1.82) is 0 Å². The minimum atomic E-state index is -4.73. The van der Waals surface area contributed by atoms with E-state index < -0.39 is 23.8 Å². The zero-order chi connectivity index (χ0) is 33.5. The number of carbonyl (C=O) groups is 2. The lowest BCUT2D eigenvalue weighted by molar-refractivity contribution is -0.255. The number of fused-ring (bicyclic) bond motifs is 6. The molecule has 0 amide bonds. The van der Waals surface area contributed by atoms with Gasteiger partial charge in [0.25, 0.3) is 0 Å². The zero-order valence-corrected chi connectivity index (χ0v) is 28.0. The van der Waals surface area contributed by atoms with E-state index in [0.717, 1.165) is 45.4 Å². The molecule has 0 heterocycles. The number of halogens is 3. The highest BCUT2D eigenvalue weighted by atomic mass is 19.4. The van der Waals surface area contributed by atoms with Crippen LogP contribution in [0.25, 0.3) is 0 Å². The van der Waals surface area contributed by atoms with Gasteiger partial charge in [-0.25, -0.2) is 0 Å². The van der Waals surface area contributed by atoms with E-state index in [9.17, 15) is 33.0 Å². The van der Waals surface area contributed by atoms with Crippen molar-refractivity contribution in [3.8, 4) is 0 Å². The summed E-state index contributed by atoms with van der Waals surface area (Å²) in [6.07, 6.45) is 0.376. The maximum atomic E-state index is 13.4. The van der Waals surface area contributed by atoms with Crippen molar-refractivity contribution >= 4 is 11.9 Å². The predicted octanol–water partition coefficient (Wildman–Crippen LogP) is 5.63. The molecule has 10 heteroatoms. The number of carbonyl (C=O) groups excluding carboxylic acids is 2. The molecule has 6 rings (SSSR count). The molecule has 6 aliphatic rings. The van der Waals surface area contributed by atoms with Crippen LogP contribution in [0.15, 0.2) is 0 Å². The highest BCUT2D eigenvalue weighted by Crippen LogP contribution is 2.72. The summed E-state index contributed by atoms with van der Waals surface area (Å²) in [5.41, 5.74) is -3.58. The average Bonchev–Trinajstić information content (AvgIpc) is 3.80. The largest absolute Gasteiger partial charge is 0.465 e. The standard InChI is InChI=1S/C36H55F3O7/c1-17-19-11-23(25(12-19)33(42)45-9-6-7-35(5,44)36(37,38)39)29(17)30-21-15-26(27(16-21)34(3,4)43)31(30)28-18(2)22-13-20(28)14-24(22)32(41)46-10-8-40/h17-31,40,43-44H,6-16H2,1-5H3/t17?,18?,19?,20?,21?,22?,23?,24?,25?,26?,27?,28?,29-,30?,31-,35?/m0/s1. The van der Waals surface area contributed by atoms with Gasteiger partial charge in [-0.05, 0) is 149 Å². The van der Waals surface area contributed by atoms with Crippen LogP contribution in [0.1, 0.15) is 86.0 Å². The van der Waals surface area contributed by atoms with Crippen LogP contribution in [0.2, 0.25) is 0 Å². The molecule has 0 aromatic rings. The SMILES string of the molecule is CC1C2CC(CC2C(=O)OCCO)C1[C@@H]1C2CC(CC2C(C)(C)O)C1[C@H]1C(C)C2CC(C(=O)OCCCC(C)(O)C(F)(F)F)C1C2. The van der Waals surface area contributed by atoms with E-state index in [1.807, 2.05) is 13.8 Å². The Morgan fingerprint density at radius 3 is 1.85 bits per heavy atom. The van der Waals surface area contributed by atoms with E-state index in [2.05, 4.69) is 13.8 Å². The van der Waals surface area contributed by atoms with E-state index in [1.165, 1.54) is 0 Å². The summed E-state index contributed by atoms with van der Waals surface area (Å²) in [4.78, 5) is 26.3. The topological polar surface area (TPSA) is 113 Å². The molecule has 0 aliphatic heterocycles. The normalized spacial score (nSPS) is 45.8. The lowest BCUT2D eigenvalue weighted by atomic mass is 9.54. The van der Waals surface area contributed by atoms with Crippen molar-refractivity contribution < 1.29 is 47.6 Å². The quantitative estimate of drug-likeness (QED) is 0.195. The van der Waals surface area contributed by atoms with E-state index in [-0.39, 0.29) is 67.8 Å². The molecule has 0 aromatic carbocycles. The van der Waals surface area contributed by atoms with Crippen molar-refractivity contribution in [3.05, 3.63) is 0 Å². The van der Waals surface area contributed by atoms with E-state index >= 15 is 0 Å². The number of alkyl halides is 3. The number of aliphatic hydroxyl groups is 3. The van der Waals surface area contributed by atoms with Crippen LogP contribution in [-0.2, 0) is 19.1 Å². The van der Waals surface area contributed by atoms with Gasteiger partial charge in [-0.3, -0.25) is 9.59 Å². The average molecular weight is 657 g/mol. The summed E-state index contributed by atoms with van der Waals surface area (Å²) in [5.74, 6) is 4.05. The fourth-order valence-electron chi connectivity index (χ4n) is 12.7. The van der Waals surface area contributed by atoms with Crippen molar-refractivity contribution in [3.63, 3.8) is 0 Å². The fourth-order valence-corrected chi connectivity index (χ4v) is 12.7. The molecule has 6 aliphatic carbocycles. The number of aliphatic hydroxyl groups excluding tert-OH is 1. The molecule has 0 aromatic heterocycles. The fraction of sp³-hybridized carbons (Fsp3) is 0.944. The van der Waals surface area contributed by atoms with Gasteiger partial charge < -0.3 is 24.8 Å². The lowest BCUT2D eigenvalue weighted by Crippen LogP contribution is -2.50. The number of hydrogen-bond donors (Lipinski definition) is 3. The molecule has 6 bridgehead atoms. The predicted molar refractivity (Wildman–Crippen MR) is 163 cm³/mol. The second kappa shape index (κ2) is 12.2. The van der Waals surface area contributed by atoms with Crippen LogP contribution in [0.4, 0.5) is 13.2 Å². The van der Waals surface area contributed by atoms with Crippen LogP contribution in [0, 0.1) is 88.8 Å². The molecule has 0 radical (unpaired) electrons. The minimum absolute atomic E-state index is 0.0341. The highest BCUT2D eigenvalue weighted by molar-refractivity contribution is 5.74. The van der Waals surface area contributed by atoms with Gasteiger partial charge in [0, 0.05) is 0 Å². The molecule has 3 N–H and O–H groups in total. The van der Waals surface area contributed by atoms with Crippen LogP contribution < -0.4 is 0 Å². The minimum Gasteiger partial charge on any atom is -0.465 e. The lowest BCUT2D eigenvalue weighted by Gasteiger charge is -2.51. The summed E-state index contributed by atoms with van der Waals surface area (Å²) in [7, 11) is 0. The first-order valence-electron chi connectivity index (χ1n) is 17.9. The Morgan fingerprint density at radius 2 is 1.26 bits per heavy atom. The molecule has 6 saturated carbocycles. The van der Waals surface area contributed by atoms with Gasteiger partial charge in [0.2, 0.25) is 0 Å². The summed E-state index contributed by atoms with van der Waals surface area (Å²) in [6.45, 7) is 9.04. The van der Waals surface area contributed by atoms with Gasteiger partial charge in [0.15, 0.2) is 5.60 Å². The Bertz CT molecular complexity index is 1150. The Kier molecular flexibility index (Phi) is 9.13. The molecule has 16 atom stereocenters. The number of hydrogen-bond acceptors (Lipinski definition) is 7. The van der Waals surface area contributed by atoms with E-state index in [1.54, 1.807) is 0 Å². The molecule has 0 saturated heterocycles. The van der Waals surface area contributed by atoms with Gasteiger partial charge in [0.05, 0.1) is 30.7 Å². The first-order chi connectivity index (χ1) is 21.5. The molecule has 14 unspecified atom stereocenters. The van der Waals surface area contributed by atoms with Crippen LogP contribution in [-0.4, -0.2) is 64.5 Å². The summed E-state index contributed by atoms with van der Waals surface area (Å²) >= 11 is 0. The van der Waals surface area contributed by atoms with Crippen molar-refractivity contribution in [2.75, 3.05) is 19.8 Å². The molecular weight excluding hydrogens is 601 g/mol. The monoisotopic (exact) mass is 656 g/mol. The Morgan fingerprint density at radius 1 is 0.696 bits per heavy atom. The summed E-state index contributed by atoms with van der Waals surface area (Å²) in [6, 6.07) is 0. The van der Waals surface area contributed by atoms with Crippen LogP contribution in [0.3, 0.4) is 0 Å². The van der Waals surface area contributed by atoms with Gasteiger partial charge in [-0.1, -0.05) is 13.8 Å². The first kappa shape index (κ1) is 34.5. The van der Waals surface area contributed by atoms with Crippen LogP contribution in [0.5, 0.6) is 0 Å². The number of esters is 2. The van der Waals surface area contributed by atoms with Crippen molar-refractivity contribution in [2.24, 2.45) is 88.8 Å². The second-order valence-corrected chi connectivity index (χ2v) is 17.1. The van der Waals surface area contributed by atoms with E-state index in [0.29, 0.717) is 59.2 Å². The molecule has 6 fully saturated rings. The van der Waals surface area contributed by atoms with Crippen molar-refractivity contribution in [2.45, 2.75) is 103 Å². The summed E-state index contributed by atoms with van der Waals surface area (Å²) < 4.78 is 50.2. The van der Waals surface area contributed by atoms with Gasteiger partial charge in [0.1, 0.15) is 6.61 Å². The molecule has 0 spiro atoms. The Balaban J connectivity index is 1.19. The maximum Gasteiger partial charge on any atom is 0.416 e. The first-order valence-corrected chi connectivity index (χ1v) is 17.9. The number of ether oxygens (including phenoxy) is 2. The maximum absolute atomic E-state index is 13.4. The summed E-state index contributed by atoms with van der Waals surface area (Å²) in [5, 5.41) is 30.2. The van der Waals surface area contributed by atoms with E-state index in [4.69, 9.17) is 14.6 Å². The Labute approximate surface area is 271 Å². The molecular formula is C36H55F3O7. The smallest absolute Gasteiger partial charge is 0.416 e. The third-order valence-corrected chi connectivity index (χ3v) is 14.5. The second-order valence-electron chi connectivity index (χ2n) is 17.1. The van der Waals surface area contributed by atoms with Crippen LogP contribution >= 0.6 is 0 Å². The third kappa shape index (κ3) is 5.72.